The van der Waals surface area contributed by atoms with E-state index in [4.69, 9.17) is 20.9 Å². The number of ketones is 1. The SMILES string of the molecule is COc1ccc2c(c1)c(C(=O)c1nc(-c3cccnc3)no1)c(C(F)(F)F)n2Cc1ccc(Cl)cc1. The van der Waals surface area contributed by atoms with Crippen molar-refractivity contribution in [3.05, 3.63) is 94.7 Å². The summed E-state index contributed by atoms with van der Waals surface area (Å²) in [6, 6.07) is 14.1. The van der Waals surface area contributed by atoms with Gasteiger partial charge in [-0.2, -0.15) is 18.2 Å². The fourth-order valence-corrected chi connectivity index (χ4v) is 4.08. The lowest BCUT2D eigenvalue weighted by Crippen LogP contribution is -2.18. The van der Waals surface area contributed by atoms with Crippen LogP contribution in [0.4, 0.5) is 13.2 Å². The standard InChI is InChI=1S/C25H16ClF3N4O3/c1-35-17-8-9-19-18(11-17)20(21(34)24-31-23(32-36-24)15-3-2-10-30-12-15)22(25(27,28)29)33(19)13-14-4-6-16(26)7-5-14/h2-12H,13H2,1H3. The van der Waals surface area contributed by atoms with Gasteiger partial charge in [-0.1, -0.05) is 28.9 Å². The van der Waals surface area contributed by atoms with E-state index in [9.17, 15) is 18.0 Å². The molecule has 0 bridgehead atoms. The summed E-state index contributed by atoms with van der Waals surface area (Å²) < 4.78 is 55.0. The molecule has 0 fully saturated rings. The molecule has 0 aliphatic rings. The van der Waals surface area contributed by atoms with Crippen molar-refractivity contribution in [2.24, 2.45) is 0 Å². The molecule has 0 aliphatic heterocycles. The zero-order valence-electron chi connectivity index (χ0n) is 18.6. The molecular weight excluding hydrogens is 497 g/mol. The Kier molecular flexibility index (Phi) is 5.97. The molecule has 0 atom stereocenters. The van der Waals surface area contributed by atoms with Gasteiger partial charge in [-0.25, -0.2) is 0 Å². The molecule has 0 aliphatic carbocycles. The lowest BCUT2D eigenvalue weighted by Gasteiger charge is -2.14. The highest BCUT2D eigenvalue weighted by atomic mass is 35.5. The number of rotatable bonds is 6. The first kappa shape index (κ1) is 23.6. The van der Waals surface area contributed by atoms with Gasteiger partial charge < -0.3 is 13.8 Å². The Bertz CT molecular complexity index is 1560. The summed E-state index contributed by atoms with van der Waals surface area (Å²) >= 11 is 5.93. The second kappa shape index (κ2) is 9.12. The molecule has 0 spiro atoms. The van der Waals surface area contributed by atoms with Gasteiger partial charge in [0.15, 0.2) is 0 Å². The molecule has 7 nitrogen and oxygen atoms in total. The van der Waals surface area contributed by atoms with Crippen molar-refractivity contribution in [3.63, 3.8) is 0 Å². The molecule has 0 N–H and O–H groups in total. The molecule has 0 saturated carbocycles. The number of alkyl halides is 3. The van der Waals surface area contributed by atoms with Gasteiger partial charge in [-0.15, -0.1) is 0 Å². The summed E-state index contributed by atoms with van der Waals surface area (Å²) in [5, 5.41) is 4.24. The van der Waals surface area contributed by atoms with E-state index in [-0.39, 0.29) is 29.0 Å². The lowest BCUT2D eigenvalue weighted by molar-refractivity contribution is -0.143. The van der Waals surface area contributed by atoms with Gasteiger partial charge >= 0.3 is 6.18 Å². The zero-order chi connectivity index (χ0) is 25.4. The Hall–Kier alpha value is -4.18. The maximum atomic E-state index is 14.5. The quantitative estimate of drug-likeness (QED) is 0.258. The Balaban J connectivity index is 1.71. The Labute approximate surface area is 207 Å². The van der Waals surface area contributed by atoms with Crippen molar-refractivity contribution in [1.29, 1.82) is 0 Å². The number of benzene rings is 2. The first-order valence-corrected chi connectivity index (χ1v) is 10.9. The van der Waals surface area contributed by atoms with Crippen molar-refractivity contribution in [2.75, 3.05) is 7.11 Å². The molecular formula is C25H16ClF3N4O3. The normalized spacial score (nSPS) is 11.7. The Morgan fingerprint density at radius 3 is 2.58 bits per heavy atom. The molecule has 36 heavy (non-hydrogen) atoms. The largest absolute Gasteiger partial charge is 0.497 e. The molecule has 182 valence electrons. The van der Waals surface area contributed by atoms with Crippen LogP contribution in [0.2, 0.25) is 5.02 Å². The minimum atomic E-state index is -4.88. The van der Waals surface area contributed by atoms with Crippen LogP contribution in [0.25, 0.3) is 22.3 Å². The molecule has 0 radical (unpaired) electrons. The maximum Gasteiger partial charge on any atom is 0.432 e. The van der Waals surface area contributed by atoms with E-state index in [1.54, 1.807) is 36.4 Å². The summed E-state index contributed by atoms with van der Waals surface area (Å²) in [7, 11) is 1.39. The van der Waals surface area contributed by atoms with Crippen LogP contribution in [-0.4, -0.2) is 32.6 Å². The molecule has 11 heteroatoms. The van der Waals surface area contributed by atoms with E-state index in [1.807, 2.05) is 0 Å². The number of pyridine rings is 1. The van der Waals surface area contributed by atoms with E-state index >= 15 is 0 Å². The summed E-state index contributed by atoms with van der Waals surface area (Å²) in [5.41, 5.74) is -0.538. The number of hydrogen-bond acceptors (Lipinski definition) is 6. The third kappa shape index (κ3) is 4.31. The highest BCUT2D eigenvalue weighted by Crippen LogP contribution is 2.41. The number of ether oxygens (including phenoxy) is 1. The maximum absolute atomic E-state index is 14.5. The Morgan fingerprint density at radius 1 is 1.14 bits per heavy atom. The van der Waals surface area contributed by atoms with Crippen LogP contribution < -0.4 is 4.74 Å². The fourth-order valence-electron chi connectivity index (χ4n) is 3.96. The first-order chi connectivity index (χ1) is 17.3. The van der Waals surface area contributed by atoms with Gasteiger partial charge in [0.25, 0.3) is 11.7 Å². The molecule has 3 aromatic heterocycles. The van der Waals surface area contributed by atoms with Crippen molar-refractivity contribution >= 4 is 28.3 Å². The molecule has 0 unspecified atom stereocenters. The number of aromatic nitrogens is 4. The van der Waals surface area contributed by atoms with Gasteiger partial charge in [0.1, 0.15) is 11.4 Å². The van der Waals surface area contributed by atoms with Crippen molar-refractivity contribution in [3.8, 4) is 17.1 Å². The van der Waals surface area contributed by atoms with E-state index in [2.05, 4.69) is 15.1 Å². The smallest absolute Gasteiger partial charge is 0.432 e. The lowest BCUT2D eigenvalue weighted by atomic mass is 10.1. The third-order valence-electron chi connectivity index (χ3n) is 5.56. The summed E-state index contributed by atoms with van der Waals surface area (Å²) in [5.74, 6) is -1.32. The summed E-state index contributed by atoms with van der Waals surface area (Å²) in [6.45, 7) is -0.160. The highest BCUT2D eigenvalue weighted by Gasteiger charge is 2.42. The van der Waals surface area contributed by atoms with Gasteiger partial charge in [0.2, 0.25) is 5.82 Å². The minimum Gasteiger partial charge on any atom is -0.497 e. The van der Waals surface area contributed by atoms with Gasteiger partial charge in [0, 0.05) is 40.4 Å². The van der Waals surface area contributed by atoms with E-state index in [0.717, 1.165) is 4.57 Å². The van der Waals surface area contributed by atoms with Crippen LogP contribution in [0.5, 0.6) is 5.75 Å². The topological polar surface area (TPSA) is 83.0 Å². The predicted octanol–water partition coefficient (Wildman–Crippen LogP) is 6.05. The molecule has 3 heterocycles. The van der Waals surface area contributed by atoms with Gasteiger partial charge in [-0.05, 0) is 48.0 Å². The van der Waals surface area contributed by atoms with E-state index in [0.29, 0.717) is 16.1 Å². The van der Waals surface area contributed by atoms with Crippen molar-refractivity contribution < 1.29 is 27.2 Å². The Morgan fingerprint density at radius 2 is 1.92 bits per heavy atom. The van der Waals surface area contributed by atoms with Crippen LogP contribution in [-0.2, 0) is 12.7 Å². The monoisotopic (exact) mass is 512 g/mol. The number of methoxy groups -OCH3 is 1. The molecule has 5 rings (SSSR count). The van der Waals surface area contributed by atoms with Crippen LogP contribution in [0, 0.1) is 0 Å². The number of carbonyl (C=O) groups excluding carboxylic acids is 1. The van der Waals surface area contributed by atoms with E-state index < -0.39 is 29.1 Å². The molecule has 5 aromatic rings. The summed E-state index contributed by atoms with van der Waals surface area (Å²) in [4.78, 5) is 21.5. The van der Waals surface area contributed by atoms with Crippen LogP contribution in [0.3, 0.4) is 0 Å². The number of carbonyl (C=O) groups is 1. The third-order valence-corrected chi connectivity index (χ3v) is 5.81. The number of fused-ring (bicyclic) bond motifs is 1. The number of halogens is 4. The second-order valence-electron chi connectivity index (χ2n) is 7.81. The minimum absolute atomic E-state index is 0.0301. The fraction of sp³-hybridized carbons (Fsp3) is 0.120. The van der Waals surface area contributed by atoms with Crippen molar-refractivity contribution in [2.45, 2.75) is 12.7 Å². The first-order valence-electron chi connectivity index (χ1n) is 10.6. The van der Waals surface area contributed by atoms with Crippen molar-refractivity contribution in [1.82, 2.24) is 19.7 Å². The van der Waals surface area contributed by atoms with E-state index in [1.165, 1.54) is 37.7 Å². The van der Waals surface area contributed by atoms with Crippen LogP contribution in [0.15, 0.2) is 71.5 Å². The highest BCUT2D eigenvalue weighted by molar-refractivity contribution is 6.30. The molecule has 0 saturated heterocycles. The molecule has 0 amide bonds. The van der Waals surface area contributed by atoms with Crippen LogP contribution in [0.1, 0.15) is 27.5 Å². The van der Waals surface area contributed by atoms with Gasteiger partial charge in [0.05, 0.1) is 12.7 Å². The second-order valence-corrected chi connectivity index (χ2v) is 8.25. The molecule has 2 aromatic carbocycles. The number of nitrogens with zero attached hydrogens (tertiary/aromatic N) is 4. The predicted molar refractivity (Wildman–Crippen MR) is 125 cm³/mol. The zero-order valence-corrected chi connectivity index (χ0v) is 19.3. The number of hydrogen-bond donors (Lipinski definition) is 0. The summed E-state index contributed by atoms with van der Waals surface area (Å²) in [6.07, 6.45) is -1.90. The average molecular weight is 513 g/mol. The van der Waals surface area contributed by atoms with Gasteiger partial charge in [-0.3, -0.25) is 9.78 Å². The van der Waals surface area contributed by atoms with Crippen LogP contribution >= 0.6 is 11.6 Å². The average Bonchev–Trinajstić information content (AvgIpc) is 3.49.